The Morgan fingerprint density at radius 3 is 2.63 bits per heavy atom. The lowest BCUT2D eigenvalue weighted by atomic mass is 10.1. The maximum absolute atomic E-state index is 12.5. The lowest BCUT2D eigenvalue weighted by Gasteiger charge is -2.11. The molecule has 35 heavy (non-hydrogen) atoms. The molecule has 0 aliphatic heterocycles. The van der Waals surface area contributed by atoms with E-state index in [9.17, 15) is 18.4 Å². The first-order chi connectivity index (χ1) is 17.0. The largest absolute Gasteiger partial charge is 0.493 e. The van der Waals surface area contributed by atoms with Gasteiger partial charge in [0.05, 0.1) is 18.2 Å². The van der Waals surface area contributed by atoms with E-state index in [0.717, 1.165) is 21.3 Å². The summed E-state index contributed by atoms with van der Waals surface area (Å²) in [5, 5.41) is 3.50. The number of Topliss-reactive ketones (excluding diaryl/α,β-unsaturated/α-hetero) is 1. The van der Waals surface area contributed by atoms with Crippen LogP contribution in [0, 0.1) is 0 Å². The van der Waals surface area contributed by atoms with Crippen LogP contribution in [0.5, 0.6) is 11.5 Å². The van der Waals surface area contributed by atoms with E-state index in [2.05, 4.69) is 14.7 Å². The number of rotatable bonds is 10. The van der Waals surface area contributed by atoms with Crippen molar-refractivity contribution in [1.29, 1.82) is 0 Å². The third-order valence-electron chi connectivity index (χ3n) is 4.81. The standard InChI is InChI=1S/C24H18F2N2O5S2/c1-31-19-9-15(7-8-18(19)33-24(25)26)17(29)10-32-20(30)12-35-23-21-16(14-5-3-2-4-6-14)11-34-22(21)27-13-28-23/h2-9,11,13,24H,10,12H2,1H3. The predicted octanol–water partition coefficient (Wildman–Crippen LogP) is 5.49. The average molecular weight is 517 g/mol. The molecule has 0 radical (unpaired) electrons. The van der Waals surface area contributed by atoms with Crippen LogP contribution >= 0.6 is 23.1 Å². The van der Waals surface area contributed by atoms with Gasteiger partial charge in [-0.2, -0.15) is 8.78 Å². The minimum atomic E-state index is -3.03. The molecule has 0 N–H and O–H groups in total. The Bertz CT molecular complexity index is 1350. The Morgan fingerprint density at radius 1 is 1.09 bits per heavy atom. The van der Waals surface area contributed by atoms with Crippen LogP contribution < -0.4 is 9.47 Å². The van der Waals surface area contributed by atoms with E-state index in [-0.39, 0.29) is 22.8 Å². The Hall–Kier alpha value is -3.57. The molecule has 7 nitrogen and oxygen atoms in total. The molecule has 0 bridgehead atoms. The second-order valence-corrected chi connectivity index (χ2v) is 8.81. The van der Waals surface area contributed by atoms with Crippen LogP contribution in [0.25, 0.3) is 21.3 Å². The highest BCUT2D eigenvalue weighted by atomic mass is 32.2. The predicted molar refractivity (Wildman–Crippen MR) is 128 cm³/mol. The van der Waals surface area contributed by atoms with Crippen molar-refractivity contribution < 1.29 is 32.6 Å². The van der Waals surface area contributed by atoms with Crippen molar-refractivity contribution in [3.05, 3.63) is 65.8 Å². The number of aromatic nitrogens is 2. The summed E-state index contributed by atoms with van der Waals surface area (Å²) < 4.78 is 39.4. The third kappa shape index (κ3) is 5.92. The quantitative estimate of drug-likeness (QED) is 0.118. The number of halogens is 2. The monoisotopic (exact) mass is 516 g/mol. The zero-order valence-electron chi connectivity index (χ0n) is 18.3. The van der Waals surface area contributed by atoms with Gasteiger partial charge in [0, 0.05) is 16.5 Å². The number of esters is 1. The molecule has 0 saturated carbocycles. The number of carbonyl (C=O) groups excluding carboxylic acids is 2. The van der Waals surface area contributed by atoms with Crippen LogP contribution in [0.4, 0.5) is 8.78 Å². The first-order valence-electron chi connectivity index (χ1n) is 10.2. The van der Waals surface area contributed by atoms with Crippen molar-refractivity contribution in [2.45, 2.75) is 11.6 Å². The number of alkyl halides is 2. The van der Waals surface area contributed by atoms with Gasteiger partial charge in [0.1, 0.15) is 16.2 Å². The minimum Gasteiger partial charge on any atom is -0.493 e. The molecule has 11 heteroatoms. The molecule has 0 saturated heterocycles. The number of benzene rings is 2. The van der Waals surface area contributed by atoms with Crippen LogP contribution in [0.15, 0.2) is 65.3 Å². The second-order valence-electron chi connectivity index (χ2n) is 6.99. The summed E-state index contributed by atoms with van der Waals surface area (Å²) in [6.45, 7) is -3.54. The van der Waals surface area contributed by atoms with E-state index in [0.29, 0.717) is 5.03 Å². The summed E-state index contributed by atoms with van der Waals surface area (Å²) in [6, 6.07) is 13.5. The van der Waals surface area contributed by atoms with E-state index in [1.54, 1.807) is 0 Å². The fraction of sp³-hybridized carbons (Fsp3) is 0.167. The molecule has 2 heterocycles. The van der Waals surface area contributed by atoms with Crippen molar-refractivity contribution in [3.63, 3.8) is 0 Å². The first-order valence-corrected chi connectivity index (χ1v) is 12.0. The number of nitrogens with zero attached hydrogens (tertiary/aromatic N) is 2. The van der Waals surface area contributed by atoms with E-state index in [1.807, 2.05) is 35.7 Å². The highest BCUT2D eigenvalue weighted by Crippen LogP contribution is 2.37. The lowest BCUT2D eigenvalue weighted by molar-refractivity contribution is -0.139. The van der Waals surface area contributed by atoms with Crippen molar-refractivity contribution in [1.82, 2.24) is 9.97 Å². The molecule has 0 aliphatic rings. The van der Waals surface area contributed by atoms with Gasteiger partial charge in [-0.3, -0.25) is 9.59 Å². The number of hydrogen-bond acceptors (Lipinski definition) is 9. The van der Waals surface area contributed by atoms with Gasteiger partial charge < -0.3 is 14.2 Å². The summed E-state index contributed by atoms with van der Waals surface area (Å²) in [7, 11) is 1.26. The van der Waals surface area contributed by atoms with E-state index in [1.165, 1.54) is 54.7 Å². The zero-order chi connectivity index (χ0) is 24.8. The number of methoxy groups -OCH3 is 1. The number of ether oxygens (including phenoxy) is 3. The topological polar surface area (TPSA) is 87.6 Å². The highest BCUT2D eigenvalue weighted by molar-refractivity contribution is 8.00. The summed E-state index contributed by atoms with van der Waals surface area (Å²) in [4.78, 5) is 34.2. The van der Waals surface area contributed by atoms with Crippen LogP contribution in [0.2, 0.25) is 0 Å². The molecule has 2 aromatic carbocycles. The Morgan fingerprint density at radius 2 is 1.89 bits per heavy atom. The molecular formula is C24H18F2N2O5S2. The molecule has 0 unspecified atom stereocenters. The molecule has 0 amide bonds. The first kappa shape index (κ1) is 24.6. The number of thioether (sulfide) groups is 1. The van der Waals surface area contributed by atoms with Gasteiger partial charge in [0.15, 0.2) is 23.9 Å². The summed E-state index contributed by atoms with van der Waals surface area (Å²) in [5.74, 6) is -1.41. The molecule has 4 rings (SSSR count). The van der Waals surface area contributed by atoms with E-state index in [4.69, 9.17) is 9.47 Å². The zero-order valence-corrected chi connectivity index (χ0v) is 19.9. The number of hydrogen-bond donors (Lipinski definition) is 0. The van der Waals surface area contributed by atoms with E-state index >= 15 is 0 Å². The van der Waals surface area contributed by atoms with E-state index < -0.39 is 25.0 Å². The maximum Gasteiger partial charge on any atom is 0.387 e. The molecule has 0 atom stereocenters. The second kappa shape index (κ2) is 11.2. The van der Waals surface area contributed by atoms with Crippen molar-refractivity contribution in [2.24, 2.45) is 0 Å². The normalized spacial score (nSPS) is 11.0. The van der Waals surface area contributed by atoms with Gasteiger partial charge in [-0.25, -0.2) is 9.97 Å². The third-order valence-corrected chi connectivity index (χ3v) is 6.66. The summed E-state index contributed by atoms with van der Waals surface area (Å²) >= 11 is 2.68. The average Bonchev–Trinajstić information content (AvgIpc) is 3.31. The molecule has 0 spiro atoms. The van der Waals surface area contributed by atoms with Gasteiger partial charge in [-0.15, -0.1) is 11.3 Å². The van der Waals surface area contributed by atoms with Crippen LogP contribution in [0.1, 0.15) is 10.4 Å². The molecule has 0 fully saturated rings. The van der Waals surface area contributed by atoms with Crippen molar-refractivity contribution in [2.75, 3.05) is 19.5 Å². The van der Waals surface area contributed by atoms with Crippen molar-refractivity contribution in [3.8, 4) is 22.6 Å². The fourth-order valence-corrected chi connectivity index (χ4v) is 5.01. The van der Waals surface area contributed by atoms with Crippen LogP contribution in [-0.2, 0) is 9.53 Å². The number of ketones is 1. The molecule has 4 aromatic rings. The molecule has 180 valence electrons. The number of fused-ring (bicyclic) bond motifs is 1. The lowest BCUT2D eigenvalue weighted by Crippen LogP contribution is -2.16. The molecular weight excluding hydrogens is 498 g/mol. The van der Waals surface area contributed by atoms with Gasteiger partial charge >= 0.3 is 12.6 Å². The Kier molecular flexibility index (Phi) is 7.88. The Balaban J connectivity index is 1.39. The fourth-order valence-electron chi connectivity index (χ4n) is 3.22. The molecule has 2 aromatic heterocycles. The summed E-state index contributed by atoms with van der Waals surface area (Å²) in [6.07, 6.45) is 1.44. The highest BCUT2D eigenvalue weighted by Gasteiger charge is 2.18. The smallest absolute Gasteiger partial charge is 0.387 e. The molecule has 0 aliphatic carbocycles. The Labute approximate surface area is 207 Å². The minimum absolute atomic E-state index is 0.0317. The van der Waals surface area contributed by atoms with Gasteiger partial charge in [0.2, 0.25) is 0 Å². The van der Waals surface area contributed by atoms with Crippen LogP contribution in [-0.4, -0.2) is 47.8 Å². The van der Waals surface area contributed by atoms with Gasteiger partial charge in [-0.05, 0) is 23.8 Å². The SMILES string of the molecule is COc1cc(C(=O)COC(=O)CSc2ncnc3scc(-c4ccccc4)c23)ccc1OC(F)F. The van der Waals surface area contributed by atoms with Gasteiger partial charge in [0.25, 0.3) is 0 Å². The summed E-state index contributed by atoms with van der Waals surface area (Å²) in [5.41, 5.74) is 2.13. The van der Waals surface area contributed by atoms with Gasteiger partial charge in [-0.1, -0.05) is 42.1 Å². The number of carbonyl (C=O) groups is 2. The van der Waals surface area contributed by atoms with Crippen LogP contribution in [0.3, 0.4) is 0 Å². The maximum atomic E-state index is 12.5. The van der Waals surface area contributed by atoms with Crippen molar-refractivity contribution >= 4 is 45.1 Å². The number of thiophene rings is 1.